The SMILES string of the molecule is NCc1ccc(C(=O)NC2CCCC(C(F)(F)F)C2)o1. The third-order valence-corrected chi connectivity index (χ3v) is 3.56. The molecule has 0 spiro atoms. The molecule has 2 atom stereocenters. The summed E-state index contributed by atoms with van der Waals surface area (Å²) >= 11 is 0. The lowest BCUT2D eigenvalue weighted by Gasteiger charge is -2.30. The van der Waals surface area contributed by atoms with E-state index >= 15 is 0 Å². The highest BCUT2D eigenvalue weighted by atomic mass is 19.4. The van der Waals surface area contributed by atoms with E-state index in [0.29, 0.717) is 18.6 Å². The molecule has 0 aromatic carbocycles. The van der Waals surface area contributed by atoms with E-state index in [-0.39, 0.29) is 25.1 Å². The van der Waals surface area contributed by atoms with Crippen LogP contribution in [0.2, 0.25) is 0 Å². The fourth-order valence-electron chi connectivity index (χ4n) is 2.48. The summed E-state index contributed by atoms with van der Waals surface area (Å²) in [4.78, 5) is 11.9. The van der Waals surface area contributed by atoms with E-state index < -0.39 is 24.0 Å². The molecule has 1 aliphatic rings. The van der Waals surface area contributed by atoms with E-state index in [0.717, 1.165) is 0 Å². The first-order valence-corrected chi connectivity index (χ1v) is 6.56. The van der Waals surface area contributed by atoms with Crippen LogP contribution < -0.4 is 11.1 Å². The van der Waals surface area contributed by atoms with Crippen molar-refractivity contribution in [1.29, 1.82) is 0 Å². The predicted molar refractivity (Wildman–Crippen MR) is 65.9 cm³/mol. The minimum Gasteiger partial charge on any atom is -0.455 e. The van der Waals surface area contributed by atoms with Gasteiger partial charge in [0.05, 0.1) is 12.5 Å². The van der Waals surface area contributed by atoms with Crippen LogP contribution in [-0.2, 0) is 6.54 Å². The Balaban J connectivity index is 1.94. The van der Waals surface area contributed by atoms with Gasteiger partial charge in [0.15, 0.2) is 5.76 Å². The molecule has 1 heterocycles. The van der Waals surface area contributed by atoms with Gasteiger partial charge in [-0.15, -0.1) is 0 Å². The number of halogens is 3. The van der Waals surface area contributed by atoms with Crippen molar-refractivity contribution in [2.75, 3.05) is 0 Å². The second-order valence-electron chi connectivity index (χ2n) is 5.05. The molecule has 2 rings (SSSR count). The van der Waals surface area contributed by atoms with Crippen molar-refractivity contribution in [3.05, 3.63) is 23.7 Å². The molecule has 1 amide bonds. The largest absolute Gasteiger partial charge is 0.455 e. The third-order valence-electron chi connectivity index (χ3n) is 3.56. The summed E-state index contributed by atoms with van der Waals surface area (Å²) in [7, 11) is 0. The summed E-state index contributed by atoms with van der Waals surface area (Å²) < 4.78 is 43.2. The molecule has 0 radical (unpaired) electrons. The average molecular weight is 290 g/mol. The molecule has 1 aliphatic carbocycles. The van der Waals surface area contributed by atoms with Gasteiger partial charge in [-0.25, -0.2) is 0 Å². The standard InChI is InChI=1S/C13H17F3N2O2/c14-13(15,16)8-2-1-3-9(6-8)18-12(19)11-5-4-10(7-17)20-11/h4-5,8-9H,1-3,6-7,17H2,(H,18,19). The fourth-order valence-corrected chi connectivity index (χ4v) is 2.48. The lowest BCUT2D eigenvalue weighted by Crippen LogP contribution is -2.41. The van der Waals surface area contributed by atoms with Gasteiger partial charge >= 0.3 is 6.18 Å². The van der Waals surface area contributed by atoms with Crippen molar-refractivity contribution in [2.45, 2.75) is 44.4 Å². The minimum absolute atomic E-state index is 0.0697. The molecule has 0 aliphatic heterocycles. The van der Waals surface area contributed by atoms with E-state index in [1.54, 1.807) is 6.07 Å². The zero-order chi connectivity index (χ0) is 14.8. The molecule has 20 heavy (non-hydrogen) atoms. The maximum atomic E-state index is 12.7. The Labute approximate surface area is 114 Å². The number of nitrogens with one attached hydrogen (secondary N) is 1. The molecular formula is C13H17F3N2O2. The highest BCUT2D eigenvalue weighted by Crippen LogP contribution is 2.37. The van der Waals surface area contributed by atoms with E-state index in [2.05, 4.69) is 5.32 Å². The van der Waals surface area contributed by atoms with Crippen LogP contribution in [0.5, 0.6) is 0 Å². The Bertz CT molecular complexity index is 470. The number of carbonyl (C=O) groups excluding carboxylic acids is 1. The van der Waals surface area contributed by atoms with Gasteiger partial charge in [0.1, 0.15) is 5.76 Å². The molecule has 0 bridgehead atoms. The number of alkyl halides is 3. The van der Waals surface area contributed by atoms with Crippen molar-refractivity contribution < 1.29 is 22.4 Å². The van der Waals surface area contributed by atoms with Gasteiger partial charge in [0.2, 0.25) is 0 Å². The summed E-state index contributed by atoms with van der Waals surface area (Å²) in [5, 5.41) is 2.60. The Morgan fingerprint density at radius 1 is 1.40 bits per heavy atom. The maximum absolute atomic E-state index is 12.7. The second-order valence-corrected chi connectivity index (χ2v) is 5.05. The van der Waals surface area contributed by atoms with Crippen molar-refractivity contribution in [3.63, 3.8) is 0 Å². The van der Waals surface area contributed by atoms with Gasteiger partial charge in [-0.1, -0.05) is 6.42 Å². The molecule has 1 aromatic heterocycles. The topological polar surface area (TPSA) is 68.3 Å². The van der Waals surface area contributed by atoms with Crippen LogP contribution in [0.4, 0.5) is 13.2 Å². The van der Waals surface area contributed by atoms with Crippen LogP contribution in [0.15, 0.2) is 16.5 Å². The number of carbonyl (C=O) groups is 1. The van der Waals surface area contributed by atoms with Gasteiger partial charge in [-0.05, 0) is 31.4 Å². The van der Waals surface area contributed by atoms with Gasteiger partial charge in [0.25, 0.3) is 5.91 Å². The van der Waals surface area contributed by atoms with E-state index in [1.807, 2.05) is 0 Å². The maximum Gasteiger partial charge on any atom is 0.391 e. The van der Waals surface area contributed by atoms with Crippen molar-refractivity contribution >= 4 is 5.91 Å². The molecule has 1 aromatic rings. The molecular weight excluding hydrogens is 273 g/mol. The van der Waals surface area contributed by atoms with E-state index in [4.69, 9.17) is 10.2 Å². The summed E-state index contributed by atoms with van der Waals surface area (Å²) in [5.74, 6) is -1.28. The predicted octanol–water partition coefficient (Wildman–Crippen LogP) is 2.59. The quantitative estimate of drug-likeness (QED) is 0.899. The zero-order valence-electron chi connectivity index (χ0n) is 10.9. The molecule has 7 heteroatoms. The monoisotopic (exact) mass is 290 g/mol. The number of nitrogens with two attached hydrogens (primary N) is 1. The van der Waals surface area contributed by atoms with E-state index in [1.165, 1.54) is 6.07 Å². The van der Waals surface area contributed by atoms with Crippen molar-refractivity contribution in [2.24, 2.45) is 11.7 Å². The lowest BCUT2D eigenvalue weighted by molar-refractivity contribution is -0.183. The molecule has 4 nitrogen and oxygen atoms in total. The number of furan rings is 1. The smallest absolute Gasteiger partial charge is 0.391 e. The van der Waals surface area contributed by atoms with Gasteiger partial charge < -0.3 is 15.5 Å². The van der Waals surface area contributed by atoms with Crippen LogP contribution in [0.3, 0.4) is 0 Å². The normalized spacial score (nSPS) is 23.6. The van der Waals surface area contributed by atoms with Crippen LogP contribution >= 0.6 is 0 Å². The minimum atomic E-state index is -4.19. The first kappa shape index (κ1) is 14.9. The van der Waals surface area contributed by atoms with Crippen LogP contribution in [0, 0.1) is 5.92 Å². The van der Waals surface area contributed by atoms with Crippen molar-refractivity contribution in [1.82, 2.24) is 5.32 Å². The number of hydrogen-bond donors (Lipinski definition) is 2. The average Bonchev–Trinajstić information content (AvgIpc) is 2.87. The molecule has 1 saturated carbocycles. The highest BCUT2D eigenvalue weighted by molar-refractivity contribution is 5.91. The Morgan fingerprint density at radius 3 is 2.75 bits per heavy atom. The van der Waals surface area contributed by atoms with Gasteiger partial charge in [-0.3, -0.25) is 4.79 Å². The fraction of sp³-hybridized carbons (Fsp3) is 0.615. The molecule has 1 fully saturated rings. The third kappa shape index (κ3) is 3.53. The molecule has 0 saturated heterocycles. The number of rotatable bonds is 3. The second kappa shape index (κ2) is 5.87. The van der Waals surface area contributed by atoms with Gasteiger partial charge in [0, 0.05) is 6.04 Å². The first-order chi connectivity index (χ1) is 9.40. The van der Waals surface area contributed by atoms with Crippen LogP contribution in [0.1, 0.15) is 42.0 Å². The van der Waals surface area contributed by atoms with Crippen molar-refractivity contribution in [3.8, 4) is 0 Å². The zero-order valence-corrected chi connectivity index (χ0v) is 10.9. The highest BCUT2D eigenvalue weighted by Gasteiger charge is 2.42. The van der Waals surface area contributed by atoms with Gasteiger partial charge in [-0.2, -0.15) is 13.2 Å². The Morgan fingerprint density at radius 2 is 2.15 bits per heavy atom. The van der Waals surface area contributed by atoms with Crippen LogP contribution in [-0.4, -0.2) is 18.1 Å². The molecule has 2 unspecified atom stereocenters. The Hall–Kier alpha value is -1.50. The first-order valence-electron chi connectivity index (χ1n) is 6.56. The lowest BCUT2D eigenvalue weighted by atomic mass is 9.85. The van der Waals surface area contributed by atoms with E-state index in [9.17, 15) is 18.0 Å². The van der Waals surface area contributed by atoms with Crippen LogP contribution in [0.25, 0.3) is 0 Å². The summed E-state index contributed by atoms with van der Waals surface area (Å²) in [6, 6.07) is 2.59. The molecule has 112 valence electrons. The number of hydrogen-bond acceptors (Lipinski definition) is 3. The number of amides is 1. The summed E-state index contributed by atoms with van der Waals surface area (Å²) in [6.45, 7) is 0.173. The Kier molecular flexibility index (Phi) is 4.37. The summed E-state index contributed by atoms with van der Waals surface area (Å²) in [6.07, 6.45) is -3.11. The molecule has 3 N–H and O–H groups in total. The summed E-state index contributed by atoms with van der Waals surface area (Å²) in [5.41, 5.74) is 5.36.